The Kier molecular flexibility index (Phi) is 2.64. The Hall–Kier alpha value is -2.23. The maximum absolute atomic E-state index is 10.3. The fourth-order valence-corrected chi connectivity index (χ4v) is 1.64. The molecular weight excluding hydrogens is 204 g/mol. The lowest BCUT2D eigenvalue weighted by atomic mass is 10.0. The number of hydrogen-bond acceptors (Lipinski definition) is 3. The van der Waals surface area contributed by atoms with Gasteiger partial charge in [0.15, 0.2) is 0 Å². The van der Waals surface area contributed by atoms with Crippen molar-refractivity contribution in [1.82, 2.24) is 4.98 Å². The van der Waals surface area contributed by atoms with Crippen molar-refractivity contribution in [3.05, 3.63) is 57.9 Å². The topological polar surface area (TPSA) is 56.0 Å². The predicted molar refractivity (Wildman–Crippen MR) is 62.5 cm³/mol. The minimum absolute atomic E-state index is 0.464. The van der Waals surface area contributed by atoms with E-state index in [2.05, 4.69) is 4.98 Å². The molecule has 0 atom stereocenters. The van der Waals surface area contributed by atoms with Crippen molar-refractivity contribution in [3.8, 4) is 0 Å². The van der Waals surface area contributed by atoms with Crippen LogP contribution < -0.4 is 0 Å². The molecule has 1 heterocycles. The van der Waals surface area contributed by atoms with Crippen LogP contribution in [-0.2, 0) is 0 Å². The standard InChI is InChI=1S/C12H10N2O2/c1-9-4-5-12-11(3-2-7-13-12)10(9)6-8-14(15)16/h2-8H,1H3. The number of aryl methyl sites for hydroxylation is 1. The molecule has 0 amide bonds. The molecule has 0 unspecified atom stereocenters. The highest BCUT2D eigenvalue weighted by Gasteiger charge is 2.03. The summed E-state index contributed by atoms with van der Waals surface area (Å²) in [6, 6.07) is 7.56. The molecule has 0 bridgehead atoms. The number of hydrogen-bond donors (Lipinski definition) is 0. The monoisotopic (exact) mass is 214 g/mol. The molecule has 4 heteroatoms. The van der Waals surface area contributed by atoms with Gasteiger partial charge in [-0.15, -0.1) is 0 Å². The van der Waals surface area contributed by atoms with Crippen LogP contribution in [0.4, 0.5) is 0 Å². The van der Waals surface area contributed by atoms with E-state index in [1.807, 2.05) is 31.2 Å². The van der Waals surface area contributed by atoms with Crippen LogP contribution in [0.15, 0.2) is 36.7 Å². The van der Waals surface area contributed by atoms with Crippen LogP contribution in [0.2, 0.25) is 0 Å². The van der Waals surface area contributed by atoms with Gasteiger partial charge in [0.25, 0.3) is 0 Å². The molecule has 0 aliphatic carbocycles. The number of rotatable bonds is 2. The second-order valence-corrected chi connectivity index (χ2v) is 3.47. The van der Waals surface area contributed by atoms with Crippen LogP contribution >= 0.6 is 0 Å². The van der Waals surface area contributed by atoms with Gasteiger partial charge in [-0.1, -0.05) is 12.1 Å². The smallest absolute Gasteiger partial charge is 0.235 e. The van der Waals surface area contributed by atoms with E-state index < -0.39 is 4.92 Å². The SMILES string of the molecule is Cc1ccc2ncccc2c1C=C[N+](=O)[O-]. The van der Waals surface area contributed by atoms with Gasteiger partial charge in [-0.3, -0.25) is 15.1 Å². The molecule has 1 aromatic heterocycles. The van der Waals surface area contributed by atoms with Gasteiger partial charge >= 0.3 is 0 Å². The van der Waals surface area contributed by atoms with Crippen molar-refractivity contribution < 1.29 is 4.92 Å². The van der Waals surface area contributed by atoms with Crippen LogP contribution in [0.1, 0.15) is 11.1 Å². The van der Waals surface area contributed by atoms with Crippen molar-refractivity contribution >= 4 is 17.0 Å². The van der Waals surface area contributed by atoms with E-state index >= 15 is 0 Å². The zero-order valence-corrected chi connectivity index (χ0v) is 8.75. The minimum atomic E-state index is -0.464. The number of benzene rings is 1. The first-order valence-corrected chi connectivity index (χ1v) is 4.84. The molecule has 0 fully saturated rings. The third-order valence-corrected chi connectivity index (χ3v) is 2.41. The van der Waals surface area contributed by atoms with Gasteiger partial charge in [-0.05, 0) is 30.2 Å². The first kappa shape index (κ1) is 10.3. The maximum Gasteiger partial charge on any atom is 0.235 e. The second kappa shape index (κ2) is 4.10. The molecule has 0 radical (unpaired) electrons. The molecule has 16 heavy (non-hydrogen) atoms. The summed E-state index contributed by atoms with van der Waals surface area (Å²) >= 11 is 0. The molecule has 1 aromatic carbocycles. The molecular formula is C12H10N2O2. The molecule has 0 spiro atoms. The summed E-state index contributed by atoms with van der Waals surface area (Å²) < 4.78 is 0. The minimum Gasteiger partial charge on any atom is -0.259 e. The maximum atomic E-state index is 10.3. The second-order valence-electron chi connectivity index (χ2n) is 3.47. The van der Waals surface area contributed by atoms with Crippen molar-refractivity contribution in [1.29, 1.82) is 0 Å². The number of fused-ring (bicyclic) bond motifs is 1. The number of nitrogens with zero attached hydrogens (tertiary/aromatic N) is 2. The lowest BCUT2D eigenvalue weighted by molar-refractivity contribution is -0.400. The number of nitro groups is 1. The highest BCUT2D eigenvalue weighted by molar-refractivity contribution is 5.89. The quantitative estimate of drug-likeness (QED) is 0.570. The van der Waals surface area contributed by atoms with Gasteiger partial charge in [-0.25, -0.2) is 0 Å². The van der Waals surface area contributed by atoms with E-state index in [0.29, 0.717) is 0 Å². The Morgan fingerprint density at radius 2 is 2.19 bits per heavy atom. The molecule has 2 aromatic rings. The van der Waals surface area contributed by atoms with E-state index in [-0.39, 0.29) is 0 Å². The van der Waals surface area contributed by atoms with Crippen molar-refractivity contribution in [2.75, 3.05) is 0 Å². The first-order valence-electron chi connectivity index (χ1n) is 4.84. The lowest BCUT2D eigenvalue weighted by Crippen LogP contribution is -1.88. The molecule has 4 nitrogen and oxygen atoms in total. The Balaban J connectivity index is 2.66. The Morgan fingerprint density at radius 3 is 2.94 bits per heavy atom. The van der Waals surface area contributed by atoms with Crippen LogP contribution in [0.25, 0.3) is 17.0 Å². The van der Waals surface area contributed by atoms with Crippen LogP contribution in [-0.4, -0.2) is 9.91 Å². The van der Waals surface area contributed by atoms with Crippen molar-refractivity contribution in [3.63, 3.8) is 0 Å². The summed E-state index contributed by atoms with van der Waals surface area (Å²) in [6.07, 6.45) is 4.17. The third kappa shape index (κ3) is 1.91. The summed E-state index contributed by atoms with van der Waals surface area (Å²) in [5, 5.41) is 11.3. The van der Waals surface area contributed by atoms with Crippen LogP contribution in [0.3, 0.4) is 0 Å². The molecule has 0 aliphatic rings. The third-order valence-electron chi connectivity index (χ3n) is 2.41. The summed E-state index contributed by atoms with van der Waals surface area (Å²) in [5.41, 5.74) is 2.69. The van der Waals surface area contributed by atoms with E-state index in [1.165, 1.54) is 6.08 Å². The first-order chi connectivity index (χ1) is 7.68. The summed E-state index contributed by atoms with van der Waals surface area (Å²) in [7, 11) is 0. The zero-order valence-electron chi connectivity index (χ0n) is 8.75. The molecule has 0 N–H and O–H groups in total. The fraction of sp³-hybridized carbons (Fsp3) is 0.0833. The summed E-state index contributed by atoms with van der Waals surface area (Å²) in [6.45, 7) is 1.92. The highest BCUT2D eigenvalue weighted by Crippen LogP contribution is 2.21. The molecule has 0 saturated carbocycles. The molecule has 80 valence electrons. The molecule has 0 aliphatic heterocycles. The molecule has 2 rings (SSSR count). The molecule has 0 saturated heterocycles. The normalized spacial score (nSPS) is 11.1. The predicted octanol–water partition coefficient (Wildman–Crippen LogP) is 2.79. The lowest BCUT2D eigenvalue weighted by Gasteiger charge is -2.04. The largest absolute Gasteiger partial charge is 0.259 e. The van der Waals surface area contributed by atoms with Crippen LogP contribution in [0, 0.1) is 17.0 Å². The number of pyridine rings is 1. The van der Waals surface area contributed by atoms with E-state index in [1.54, 1.807) is 6.20 Å². The summed E-state index contributed by atoms with van der Waals surface area (Å²) in [4.78, 5) is 14.1. The van der Waals surface area contributed by atoms with Gasteiger partial charge in [0.05, 0.1) is 10.4 Å². The van der Waals surface area contributed by atoms with Crippen molar-refractivity contribution in [2.45, 2.75) is 6.92 Å². The Morgan fingerprint density at radius 1 is 1.38 bits per heavy atom. The zero-order chi connectivity index (χ0) is 11.5. The average Bonchev–Trinajstić information content (AvgIpc) is 2.27. The van der Waals surface area contributed by atoms with Crippen molar-refractivity contribution in [2.24, 2.45) is 0 Å². The van der Waals surface area contributed by atoms with E-state index in [4.69, 9.17) is 0 Å². The Bertz CT molecular complexity index is 576. The highest BCUT2D eigenvalue weighted by atomic mass is 16.6. The van der Waals surface area contributed by atoms with Crippen LogP contribution in [0.5, 0.6) is 0 Å². The average molecular weight is 214 g/mol. The van der Waals surface area contributed by atoms with Gasteiger partial charge in [-0.2, -0.15) is 0 Å². The van der Waals surface area contributed by atoms with Gasteiger partial charge < -0.3 is 0 Å². The van der Waals surface area contributed by atoms with E-state index in [9.17, 15) is 10.1 Å². The van der Waals surface area contributed by atoms with Gasteiger partial charge in [0, 0.05) is 17.7 Å². The number of aromatic nitrogens is 1. The van der Waals surface area contributed by atoms with Gasteiger partial charge in [0.1, 0.15) is 0 Å². The fourth-order valence-electron chi connectivity index (χ4n) is 1.64. The van der Waals surface area contributed by atoms with Gasteiger partial charge in [0.2, 0.25) is 6.20 Å². The summed E-state index contributed by atoms with van der Waals surface area (Å²) in [5.74, 6) is 0. The Labute approximate surface area is 92.4 Å². The van der Waals surface area contributed by atoms with E-state index in [0.717, 1.165) is 28.2 Å².